The fourth-order valence-corrected chi connectivity index (χ4v) is 1.79. The number of rotatable bonds is 2. The van der Waals surface area contributed by atoms with E-state index in [0.29, 0.717) is 10.7 Å². The summed E-state index contributed by atoms with van der Waals surface area (Å²) in [5.41, 5.74) is 0.615. The average molecular weight is 220 g/mol. The van der Waals surface area contributed by atoms with Crippen LogP contribution >= 0.6 is 11.6 Å². The SMILES string of the molecule is CNc1cc(S(C)(=O)=O)ccc1Cl. The van der Waals surface area contributed by atoms with Crippen LogP contribution in [0.4, 0.5) is 5.69 Å². The Kier molecular flexibility index (Phi) is 2.83. The minimum absolute atomic E-state index is 0.265. The largest absolute Gasteiger partial charge is 0.387 e. The van der Waals surface area contributed by atoms with Crippen molar-refractivity contribution in [2.45, 2.75) is 4.90 Å². The van der Waals surface area contributed by atoms with Gasteiger partial charge in [-0.2, -0.15) is 0 Å². The first-order valence-electron chi connectivity index (χ1n) is 3.62. The summed E-state index contributed by atoms with van der Waals surface area (Å²) in [5.74, 6) is 0. The van der Waals surface area contributed by atoms with E-state index < -0.39 is 9.84 Å². The van der Waals surface area contributed by atoms with Gasteiger partial charge in [0.1, 0.15) is 0 Å². The summed E-state index contributed by atoms with van der Waals surface area (Å²) < 4.78 is 22.3. The molecule has 1 aromatic carbocycles. The molecule has 0 fully saturated rings. The molecule has 1 rings (SSSR count). The van der Waals surface area contributed by atoms with Crippen molar-refractivity contribution in [2.24, 2.45) is 0 Å². The van der Waals surface area contributed by atoms with E-state index in [1.807, 2.05) is 0 Å². The first-order chi connectivity index (χ1) is 5.95. The summed E-state index contributed by atoms with van der Waals surface area (Å²) in [7, 11) is -1.46. The van der Waals surface area contributed by atoms with Gasteiger partial charge < -0.3 is 5.32 Å². The summed E-state index contributed by atoms with van der Waals surface area (Å²) in [4.78, 5) is 0.265. The summed E-state index contributed by atoms with van der Waals surface area (Å²) in [6.45, 7) is 0. The summed E-state index contributed by atoms with van der Waals surface area (Å²) >= 11 is 5.79. The highest BCUT2D eigenvalue weighted by atomic mass is 35.5. The molecule has 0 saturated heterocycles. The van der Waals surface area contributed by atoms with Crippen molar-refractivity contribution in [3.63, 3.8) is 0 Å². The molecule has 0 aliphatic carbocycles. The van der Waals surface area contributed by atoms with Crippen LogP contribution < -0.4 is 5.32 Å². The Balaban J connectivity index is 3.30. The number of hydrogen-bond donors (Lipinski definition) is 1. The van der Waals surface area contributed by atoms with Crippen molar-refractivity contribution >= 4 is 27.1 Å². The van der Waals surface area contributed by atoms with E-state index >= 15 is 0 Å². The van der Waals surface area contributed by atoms with Crippen molar-refractivity contribution in [1.29, 1.82) is 0 Å². The van der Waals surface area contributed by atoms with Crippen LogP contribution in [0.1, 0.15) is 0 Å². The monoisotopic (exact) mass is 219 g/mol. The normalized spacial score (nSPS) is 11.3. The lowest BCUT2D eigenvalue weighted by atomic mass is 10.3. The maximum Gasteiger partial charge on any atom is 0.175 e. The highest BCUT2D eigenvalue weighted by molar-refractivity contribution is 7.90. The molecule has 1 N–H and O–H groups in total. The Morgan fingerprint density at radius 1 is 1.38 bits per heavy atom. The fourth-order valence-electron chi connectivity index (χ4n) is 0.927. The molecule has 0 bridgehead atoms. The van der Waals surface area contributed by atoms with Crippen LogP contribution in [-0.4, -0.2) is 21.7 Å². The maximum atomic E-state index is 11.1. The second-order valence-electron chi connectivity index (χ2n) is 2.66. The molecule has 5 heteroatoms. The van der Waals surface area contributed by atoms with Crippen LogP contribution in [-0.2, 0) is 9.84 Å². The average Bonchev–Trinajstić information content (AvgIpc) is 2.03. The third kappa shape index (κ3) is 2.35. The van der Waals surface area contributed by atoms with Crippen molar-refractivity contribution in [3.05, 3.63) is 23.2 Å². The van der Waals surface area contributed by atoms with Gasteiger partial charge in [-0.1, -0.05) is 11.6 Å². The Labute approximate surface area is 82.6 Å². The molecule has 0 atom stereocenters. The first kappa shape index (κ1) is 10.3. The molecule has 0 unspecified atom stereocenters. The summed E-state index contributed by atoms with van der Waals surface area (Å²) in [6.07, 6.45) is 1.16. The Morgan fingerprint density at radius 3 is 2.46 bits per heavy atom. The smallest absolute Gasteiger partial charge is 0.175 e. The van der Waals surface area contributed by atoms with E-state index in [4.69, 9.17) is 11.6 Å². The first-order valence-corrected chi connectivity index (χ1v) is 5.89. The van der Waals surface area contributed by atoms with Gasteiger partial charge in [-0.3, -0.25) is 0 Å². The predicted molar refractivity (Wildman–Crippen MR) is 54.1 cm³/mol. The second kappa shape index (κ2) is 3.55. The van der Waals surface area contributed by atoms with E-state index in [0.717, 1.165) is 6.26 Å². The molecule has 13 heavy (non-hydrogen) atoms. The zero-order valence-electron chi connectivity index (χ0n) is 7.33. The van der Waals surface area contributed by atoms with Crippen molar-refractivity contribution in [3.8, 4) is 0 Å². The Hall–Kier alpha value is -0.740. The van der Waals surface area contributed by atoms with Gasteiger partial charge in [-0.15, -0.1) is 0 Å². The van der Waals surface area contributed by atoms with Gasteiger partial charge in [0, 0.05) is 13.3 Å². The number of sulfone groups is 1. The molecule has 0 saturated carbocycles. The number of anilines is 1. The third-order valence-corrected chi connectivity index (χ3v) is 3.08. The minimum atomic E-state index is -3.15. The van der Waals surface area contributed by atoms with E-state index in [2.05, 4.69) is 5.32 Å². The zero-order valence-corrected chi connectivity index (χ0v) is 8.91. The van der Waals surface area contributed by atoms with Crippen LogP contribution in [0.2, 0.25) is 5.02 Å². The lowest BCUT2D eigenvalue weighted by molar-refractivity contribution is 0.602. The topological polar surface area (TPSA) is 46.2 Å². The van der Waals surface area contributed by atoms with Gasteiger partial charge in [0.05, 0.1) is 15.6 Å². The maximum absolute atomic E-state index is 11.1. The molecule has 0 radical (unpaired) electrons. The molecule has 0 spiro atoms. The highest BCUT2D eigenvalue weighted by Crippen LogP contribution is 2.24. The molecule has 72 valence electrons. The predicted octanol–water partition coefficient (Wildman–Crippen LogP) is 1.79. The second-order valence-corrected chi connectivity index (χ2v) is 5.09. The van der Waals surface area contributed by atoms with Crippen LogP contribution in [0.25, 0.3) is 0 Å². The molecule has 0 heterocycles. The zero-order chi connectivity index (χ0) is 10.1. The molecule has 1 aromatic rings. The van der Waals surface area contributed by atoms with Gasteiger partial charge >= 0.3 is 0 Å². The highest BCUT2D eigenvalue weighted by Gasteiger charge is 2.08. The van der Waals surface area contributed by atoms with Crippen LogP contribution in [0, 0.1) is 0 Å². The Morgan fingerprint density at radius 2 is 2.00 bits per heavy atom. The van der Waals surface area contributed by atoms with Gasteiger partial charge in [0.2, 0.25) is 0 Å². The van der Waals surface area contributed by atoms with Crippen LogP contribution in [0.3, 0.4) is 0 Å². The van der Waals surface area contributed by atoms with E-state index in [1.165, 1.54) is 12.1 Å². The summed E-state index contributed by atoms with van der Waals surface area (Å²) in [6, 6.07) is 4.56. The molecule has 3 nitrogen and oxygen atoms in total. The molecular formula is C8H10ClNO2S. The fraction of sp³-hybridized carbons (Fsp3) is 0.250. The quantitative estimate of drug-likeness (QED) is 0.825. The number of hydrogen-bond acceptors (Lipinski definition) is 3. The van der Waals surface area contributed by atoms with Gasteiger partial charge in [0.25, 0.3) is 0 Å². The number of benzene rings is 1. The van der Waals surface area contributed by atoms with Crippen molar-refractivity contribution < 1.29 is 8.42 Å². The number of halogens is 1. The molecule has 0 amide bonds. The van der Waals surface area contributed by atoms with E-state index in [1.54, 1.807) is 13.1 Å². The van der Waals surface area contributed by atoms with E-state index in [-0.39, 0.29) is 4.90 Å². The lowest BCUT2D eigenvalue weighted by Gasteiger charge is -2.05. The summed E-state index contributed by atoms with van der Waals surface area (Å²) in [5, 5.41) is 3.32. The molecule has 0 aromatic heterocycles. The lowest BCUT2D eigenvalue weighted by Crippen LogP contribution is -1.98. The van der Waals surface area contributed by atoms with Crippen LogP contribution in [0.15, 0.2) is 23.1 Å². The molecule has 0 aliphatic heterocycles. The van der Waals surface area contributed by atoms with Gasteiger partial charge in [-0.25, -0.2) is 8.42 Å². The standard InChI is InChI=1S/C8H10ClNO2S/c1-10-8-5-6(13(2,11)12)3-4-7(8)9/h3-5,10H,1-2H3. The molecule has 0 aliphatic rings. The minimum Gasteiger partial charge on any atom is -0.387 e. The van der Waals surface area contributed by atoms with Crippen molar-refractivity contribution in [2.75, 3.05) is 18.6 Å². The van der Waals surface area contributed by atoms with Gasteiger partial charge in [0.15, 0.2) is 9.84 Å². The van der Waals surface area contributed by atoms with Crippen molar-refractivity contribution in [1.82, 2.24) is 0 Å². The van der Waals surface area contributed by atoms with Gasteiger partial charge in [-0.05, 0) is 18.2 Å². The Bertz CT molecular complexity index is 414. The van der Waals surface area contributed by atoms with Crippen LogP contribution in [0.5, 0.6) is 0 Å². The third-order valence-electron chi connectivity index (χ3n) is 1.64. The van der Waals surface area contributed by atoms with E-state index in [9.17, 15) is 8.42 Å². The molecular weight excluding hydrogens is 210 g/mol. The number of nitrogens with one attached hydrogen (secondary N) is 1.